The van der Waals surface area contributed by atoms with Gasteiger partial charge in [0, 0.05) is 41.5 Å². The van der Waals surface area contributed by atoms with Crippen molar-refractivity contribution in [2.24, 2.45) is 0 Å². The van der Waals surface area contributed by atoms with Crippen molar-refractivity contribution < 1.29 is 66.7 Å². The molecule has 2 heterocycles. The number of carbonyl (C=O) groups excluding carboxylic acids is 6. The van der Waals surface area contributed by atoms with Crippen LogP contribution >= 0.6 is 0 Å². The van der Waals surface area contributed by atoms with Crippen LogP contribution in [0.4, 0.5) is 0 Å². The standard InChI is InChI=1S/C28H33N3O14/c1-14(32)39-21(13-38-22-12-29-31(30-22)20-10-8-7-9-11-20)23(40-15(2)33)24-25(41-16(3)34)26(42-17(4)35)27(43-18(5)36)28(45-24)44-19(6)37/h7-12,21,23-28H,13H2,1-6H3. The predicted octanol–water partition coefficient (Wildman–Crippen LogP) is 0.593. The quantitative estimate of drug-likeness (QED) is 0.231. The molecule has 3 rings (SSSR count). The maximum absolute atomic E-state index is 12.3. The molecule has 1 aliphatic rings. The van der Waals surface area contributed by atoms with Gasteiger partial charge in [-0.05, 0) is 12.1 Å². The largest absolute Gasteiger partial charge is 0.471 e. The molecule has 0 spiro atoms. The Morgan fingerprint density at radius 3 is 1.84 bits per heavy atom. The Balaban J connectivity index is 2.05. The van der Waals surface area contributed by atoms with Gasteiger partial charge in [0.15, 0.2) is 24.4 Å². The number of carbonyl (C=O) groups is 6. The first kappa shape index (κ1) is 34.4. The molecule has 0 bridgehead atoms. The minimum absolute atomic E-state index is 0.0100. The first-order valence-electron chi connectivity index (χ1n) is 13.5. The van der Waals surface area contributed by atoms with E-state index in [4.69, 9.17) is 37.9 Å². The highest BCUT2D eigenvalue weighted by molar-refractivity contribution is 5.70. The Bertz CT molecular complexity index is 1380. The summed E-state index contributed by atoms with van der Waals surface area (Å²) in [6.45, 7) is 5.74. The Morgan fingerprint density at radius 1 is 0.733 bits per heavy atom. The zero-order chi connectivity index (χ0) is 33.3. The van der Waals surface area contributed by atoms with E-state index in [1.807, 2.05) is 6.07 Å². The molecule has 17 nitrogen and oxygen atoms in total. The maximum atomic E-state index is 12.3. The molecule has 1 aromatic carbocycles. The van der Waals surface area contributed by atoms with E-state index in [0.717, 1.165) is 41.5 Å². The molecular weight excluding hydrogens is 602 g/mol. The van der Waals surface area contributed by atoms with Crippen LogP contribution in [0, 0.1) is 0 Å². The van der Waals surface area contributed by atoms with Gasteiger partial charge in [-0.25, -0.2) is 0 Å². The van der Waals surface area contributed by atoms with Crippen LogP contribution in [0.15, 0.2) is 36.5 Å². The number of benzene rings is 1. The van der Waals surface area contributed by atoms with E-state index in [-0.39, 0.29) is 5.88 Å². The minimum atomic E-state index is -1.77. The maximum Gasteiger partial charge on any atom is 0.305 e. The predicted molar refractivity (Wildman–Crippen MR) is 145 cm³/mol. The lowest BCUT2D eigenvalue weighted by Gasteiger charge is -2.46. The summed E-state index contributed by atoms with van der Waals surface area (Å²) >= 11 is 0. The van der Waals surface area contributed by atoms with Crippen molar-refractivity contribution in [2.75, 3.05) is 6.61 Å². The second-order valence-corrected chi connectivity index (χ2v) is 9.64. The molecule has 2 aromatic rings. The van der Waals surface area contributed by atoms with Gasteiger partial charge in [-0.3, -0.25) is 28.8 Å². The molecule has 17 heteroatoms. The summed E-state index contributed by atoms with van der Waals surface area (Å²) in [5.74, 6) is -5.33. The van der Waals surface area contributed by atoms with Crippen LogP contribution in [0.2, 0.25) is 0 Å². The number of para-hydroxylation sites is 1. The second-order valence-electron chi connectivity index (χ2n) is 9.64. The van der Waals surface area contributed by atoms with Gasteiger partial charge < -0.3 is 37.9 Å². The van der Waals surface area contributed by atoms with E-state index in [1.165, 1.54) is 11.0 Å². The SMILES string of the molecule is CC(=O)OC(COc1cnn(-c2ccccc2)n1)C(OC(C)=O)C1OC(OC(C)=O)C(OC(C)=O)C(OC(C)=O)C1OC(C)=O. The number of esters is 6. The highest BCUT2D eigenvalue weighted by Crippen LogP contribution is 2.33. The lowest BCUT2D eigenvalue weighted by atomic mass is 9.92. The van der Waals surface area contributed by atoms with Gasteiger partial charge in [-0.2, -0.15) is 5.10 Å². The highest BCUT2D eigenvalue weighted by Gasteiger charge is 2.57. The van der Waals surface area contributed by atoms with Crippen LogP contribution in [0.3, 0.4) is 0 Å². The first-order chi connectivity index (χ1) is 21.2. The molecule has 1 aromatic heterocycles. The van der Waals surface area contributed by atoms with Gasteiger partial charge in [0.1, 0.15) is 18.9 Å². The molecule has 244 valence electrons. The third-order valence-corrected chi connectivity index (χ3v) is 5.88. The van der Waals surface area contributed by atoms with E-state index in [2.05, 4.69) is 10.2 Å². The molecule has 0 aliphatic carbocycles. The summed E-state index contributed by atoms with van der Waals surface area (Å²) in [5.41, 5.74) is 0.622. The number of nitrogens with zero attached hydrogens (tertiary/aromatic N) is 3. The van der Waals surface area contributed by atoms with Crippen molar-refractivity contribution in [1.82, 2.24) is 15.0 Å². The Morgan fingerprint density at radius 2 is 1.29 bits per heavy atom. The van der Waals surface area contributed by atoms with Crippen molar-refractivity contribution in [3.8, 4) is 11.6 Å². The first-order valence-corrected chi connectivity index (χ1v) is 13.5. The molecule has 1 saturated heterocycles. The number of rotatable bonds is 12. The second kappa shape index (κ2) is 15.6. The van der Waals surface area contributed by atoms with Crippen molar-refractivity contribution in [3.05, 3.63) is 36.5 Å². The lowest BCUT2D eigenvalue weighted by molar-refractivity contribution is -0.313. The topological polar surface area (TPSA) is 207 Å². The van der Waals surface area contributed by atoms with Crippen molar-refractivity contribution in [3.63, 3.8) is 0 Å². The monoisotopic (exact) mass is 635 g/mol. The van der Waals surface area contributed by atoms with Gasteiger partial charge in [-0.1, -0.05) is 18.2 Å². The number of ether oxygens (including phenoxy) is 8. The molecule has 0 amide bonds. The highest BCUT2D eigenvalue weighted by atomic mass is 16.7. The smallest absolute Gasteiger partial charge is 0.305 e. The van der Waals surface area contributed by atoms with E-state index < -0.39 is 85.3 Å². The minimum Gasteiger partial charge on any atom is -0.471 e. The molecule has 1 fully saturated rings. The number of hydrogen-bond donors (Lipinski definition) is 0. The summed E-state index contributed by atoms with van der Waals surface area (Å²) < 4.78 is 43.9. The van der Waals surface area contributed by atoms with Gasteiger partial charge in [0.25, 0.3) is 5.88 Å². The summed E-state index contributed by atoms with van der Waals surface area (Å²) in [7, 11) is 0. The number of hydrogen-bond acceptors (Lipinski definition) is 16. The molecule has 1 aliphatic heterocycles. The van der Waals surface area contributed by atoms with E-state index in [9.17, 15) is 28.8 Å². The van der Waals surface area contributed by atoms with Crippen LogP contribution in [0.1, 0.15) is 41.5 Å². The van der Waals surface area contributed by atoms with Crippen molar-refractivity contribution >= 4 is 35.8 Å². The normalized spacial score (nSPS) is 22.1. The van der Waals surface area contributed by atoms with E-state index in [0.29, 0.717) is 5.69 Å². The zero-order valence-electron chi connectivity index (χ0n) is 25.3. The Labute approximate surface area is 256 Å². The molecule has 7 unspecified atom stereocenters. The van der Waals surface area contributed by atoms with Crippen molar-refractivity contribution in [1.29, 1.82) is 0 Å². The van der Waals surface area contributed by atoms with Crippen molar-refractivity contribution in [2.45, 2.75) is 84.5 Å². The summed E-state index contributed by atoms with van der Waals surface area (Å²) in [6, 6.07) is 8.87. The summed E-state index contributed by atoms with van der Waals surface area (Å²) in [6.07, 6.45) is -10.2. The van der Waals surface area contributed by atoms with Gasteiger partial charge in [0.2, 0.25) is 12.4 Å². The molecule has 0 N–H and O–H groups in total. The molecule has 7 atom stereocenters. The third-order valence-electron chi connectivity index (χ3n) is 5.88. The number of aromatic nitrogens is 3. The third kappa shape index (κ3) is 9.99. The molecule has 45 heavy (non-hydrogen) atoms. The molecule has 0 radical (unpaired) electrons. The van der Waals surface area contributed by atoms with Gasteiger partial charge >= 0.3 is 35.8 Å². The zero-order valence-corrected chi connectivity index (χ0v) is 25.3. The fraction of sp³-hybridized carbons (Fsp3) is 0.500. The summed E-state index contributed by atoms with van der Waals surface area (Å²) in [4.78, 5) is 74.2. The van der Waals surface area contributed by atoms with E-state index in [1.54, 1.807) is 24.3 Å². The van der Waals surface area contributed by atoms with Gasteiger partial charge in [-0.15, -0.1) is 9.90 Å². The molecule has 0 saturated carbocycles. The van der Waals surface area contributed by atoms with Crippen LogP contribution in [-0.2, 0) is 61.9 Å². The van der Waals surface area contributed by atoms with E-state index >= 15 is 0 Å². The average molecular weight is 636 g/mol. The van der Waals surface area contributed by atoms with Crippen LogP contribution in [0.25, 0.3) is 5.69 Å². The van der Waals surface area contributed by atoms with Crippen LogP contribution in [-0.4, -0.2) is 100 Å². The Hall–Kier alpha value is -5.06. The lowest BCUT2D eigenvalue weighted by Crippen LogP contribution is -2.66. The van der Waals surface area contributed by atoms with Gasteiger partial charge in [0.05, 0.1) is 5.69 Å². The van der Waals surface area contributed by atoms with Crippen LogP contribution in [0.5, 0.6) is 5.88 Å². The Kier molecular flexibility index (Phi) is 11.9. The summed E-state index contributed by atoms with van der Waals surface area (Å²) in [5, 5.41) is 8.34. The average Bonchev–Trinajstić information content (AvgIpc) is 3.41. The fourth-order valence-corrected chi connectivity index (χ4v) is 4.45. The molecular formula is C28H33N3O14. The fourth-order valence-electron chi connectivity index (χ4n) is 4.45. The van der Waals surface area contributed by atoms with Crippen LogP contribution < -0.4 is 4.74 Å².